The Labute approximate surface area is 136 Å². The van der Waals surface area contributed by atoms with Crippen molar-refractivity contribution in [3.63, 3.8) is 0 Å². The lowest BCUT2D eigenvalue weighted by molar-refractivity contribution is -0.106. The molecule has 126 valence electrons. The first-order valence-corrected chi connectivity index (χ1v) is 7.85. The van der Waals surface area contributed by atoms with Crippen molar-refractivity contribution in [1.82, 2.24) is 9.96 Å². The summed E-state index contributed by atoms with van der Waals surface area (Å²) in [5, 5.41) is 1.61. The van der Waals surface area contributed by atoms with Crippen LogP contribution in [0.4, 0.5) is 4.79 Å². The minimum Gasteiger partial charge on any atom is -0.444 e. The molecule has 0 radical (unpaired) electrons. The van der Waals surface area contributed by atoms with Crippen LogP contribution < -0.4 is 0 Å². The fourth-order valence-corrected chi connectivity index (χ4v) is 2.24. The van der Waals surface area contributed by atoms with E-state index in [9.17, 15) is 9.59 Å². The Morgan fingerprint density at radius 2 is 1.70 bits per heavy atom. The van der Waals surface area contributed by atoms with Gasteiger partial charge in [0.1, 0.15) is 5.60 Å². The Balaban J connectivity index is 1.86. The maximum absolute atomic E-state index is 12.1. The molecule has 0 bridgehead atoms. The van der Waals surface area contributed by atoms with Crippen LogP contribution in [0.25, 0.3) is 0 Å². The van der Waals surface area contributed by atoms with E-state index in [2.05, 4.69) is 0 Å². The van der Waals surface area contributed by atoms with Crippen molar-refractivity contribution < 1.29 is 19.2 Å². The van der Waals surface area contributed by atoms with Crippen LogP contribution in [0.3, 0.4) is 0 Å². The molecule has 6 nitrogen and oxygen atoms in total. The van der Waals surface area contributed by atoms with Gasteiger partial charge in [0, 0.05) is 19.6 Å². The molecular formula is C17H24N2O4. The van der Waals surface area contributed by atoms with Gasteiger partial charge in [0.25, 0.3) is 0 Å². The molecule has 6 heteroatoms. The van der Waals surface area contributed by atoms with Crippen molar-refractivity contribution >= 4 is 12.1 Å². The maximum atomic E-state index is 12.1. The molecule has 0 unspecified atom stereocenters. The van der Waals surface area contributed by atoms with Gasteiger partial charge in [-0.15, -0.1) is 5.06 Å². The number of hydrogen-bond donors (Lipinski definition) is 0. The monoisotopic (exact) mass is 320 g/mol. The molecule has 0 atom stereocenters. The van der Waals surface area contributed by atoms with E-state index >= 15 is 0 Å². The second kappa shape index (κ2) is 7.46. The standard InChI is InChI=1S/C17H24N2O4/c1-17(2,3)22-16(21)18-10-7-11-19(13-12-18)23-15(20)14-8-5-4-6-9-14/h4-6,8-9H,7,10-13H2,1-3H3. The van der Waals surface area contributed by atoms with Crippen LogP contribution in [-0.4, -0.2) is 53.8 Å². The Morgan fingerprint density at radius 3 is 2.35 bits per heavy atom. The molecule has 2 rings (SSSR count). The zero-order chi connectivity index (χ0) is 16.9. The molecule has 1 amide bonds. The first kappa shape index (κ1) is 17.3. The van der Waals surface area contributed by atoms with E-state index in [-0.39, 0.29) is 12.1 Å². The van der Waals surface area contributed by atoms with E-state index in [4.69, 9.17) is 9.57 Å². The highest BCUT2D eigenvalue weighted by atomic mass is 16.7. The minimum absolute atomic E-state index is 0.325. The van der Waals surface area contributed by atoms with Gasteiger partial charge in [-0.1, -0.05) is 18.2 Å². The van der Waals surface area contributed by atoms with E-state index < -0.39 is 5.60 Å². The third kappa shape index (κ3) is 5.56. The lowest BCUT2D eigenvalue weighted by Gasteiger charge is -2.26. The van der Waals surface area contributed by atoms with Gasteiger partial charge in [-0.05, 0) is 39.3 Å². The van der Waals surface area contributed by atoms with Gasteiger partial charge >= 0.3 is 12.1 Å². The summed E-state index contributed by atoms with van der Waals surface area (Å²) in [5.74, 6) is -0.378. The van der Waals surface area contributed by atoms with Crippen molar-refractivity contribution in [2.24, 2.45) is 0 Å². The number of rotatable bonds is 2. The summed E-state index contributed by atoms with van der Waals surface area (Å²) < 4.78 is 5.38. The molecule has 0 aromatic heterocycles. The van der Waals surface area contributed by atoms with Crippen molar-refractivity contribution in [3.05, 3.63) is 35.9 Å². The summed E-state index contributed by atoms with van der Waals surface area (Å²) in [4.78, 5) is 31.2. The first-order valence-electron chi connectivity index (χ1n) is 7.85. The van der Waals surface area contributed by atoms with Crippen LogP contribution in [0, 0.1) is 0 Å². The molecule has 1 saturated heterocycles. The second-order valence-corrected chi connectivity index (χ2v) is 6.49. The van der Waals surface area contributed by atoms with Crippen LogP contribution in [-0.2, 0) is 9.57 Å². The highest BCUT2D eigenvalue weighted by molar-refractivity contribution is 5.89. The molecule has 1 aliphatic rings. The third-order valence-corrected chi connectivity index (χ3v) is 3.33. The number of ether oxygens (including phenoxy) is 1. The normalized spacial score (nSPS) is 16.6. The molecule has 0 saturated carbocycles. The summed E-state index contributed by atoms with van der Waals surface area (Å²) >= 11 is 0. The van der Waals surface area contributed by atoms with E-state index in [1.54, 1.807) is 34.2 Å². The zero-order valence-corrected chi connectivity index (χ0v) is 13.9. The summed E-state index contributed by atoms with van der Waals surface area (Å²) in [6, 6.07) is 8.87. The average molecular weight is 320 g/mol. The Bertz CT molecular complexity index is 539. The van der Waals surface area contributed by atoms with Crippen LogP contribution >= 0.6 is 0 Å². The fourth-order valence-electron chi connectivity index (χ4n) is 2.24. The SMILES string of the molecule is CC(C)(C)OC(=O)N1CCCN(OC(=O)c2ccccc2)CC1. The first-order chi connectivity index (χ1) is 10.8. The Hall–Kier alpha value is -2.08. The van der Waals surface area contributed by atoms with Crippen molar-refractivity contribution in [3.8, 4) is 0 Å². The van der Waals surface area contributed by atoms with Crippen molar-refractivity contribution in [1.29, 1.82) is 0 Å². The lowest BCUT2D eigenvalue weighted by atomic mass is 10.2. The van der Waals surface area contributed by atoms with Gasteiger partial charge in [-0.25, -0.2) is 9.59 Å². The highest BCUT2D eigenvalue weighted by Crippen LogP contribution is 2.13. The van der Waals surface area contributed by atoms with E-state index in [0.717, 1.165) is 6.42 Å². The molecule has 0 spiro atoms. The van der Waals surface area contributed by atoms with Crippen molar-refractivity contribution in [2.75, 3.05) is 26.2 Å². The fraction of sp³-hybridized carbons (Fsp3) is 0.529. The number of nitrogens with zero attached hydrogens (tertiary/aromatic N) is 2. The topological polar surface area (TPSA) is 59.1 Å². The second-order valence-electron chi connectivity index (χ2n) is 6.49. The molecule has 1 aliphatic heterocycles. The van der Waals surface area contributed by atoms with Crippen LogP contribution in [0.15, 0.2) is 30.3 Å². The number of amides is 1. The maximum Gasteiger partial charge on any atom is 0.410 e. The molecule has 1 aromatic rings. The Morgan fingerprint density at radius 1 is 1.00 bits per heavy atom. The van der Waals surface area contributed by atoms with Gasteiger partial charge in [-0.3, -0.25) is 0 Å². The van der Waals surface area contributed by atoms with Gasteiger partial charge in [-0.2, -0.15) is 0 Å². The van der Waals surface area contributed by atoms with Gasteiger partial charge in [0.05, 0.1) is 12.1 Å². The molecule has 1 fully saturated rings. The molecule has 1 heterocycles. The summed E-state index contributed by atoms with van der Waals surface area (Å²) in [6.45, 7) is 7.66. The average Bonchev–Trinajstić information content (AvgIpc) is 2.72. The summed E-state index contributed by atoms with van der Waals surface area (Å²) in [7, 11) is 0. The molecule has 0 aliphatic carbocycles. The zero-order valence-electron chi connectivity index (χ0n) is 13.9. The molecular weight excluding hydrogens is 296 g/mol. The van der Waals surface area contributed by atoms with Gasteiger partial charge in [0.15, 0.2) is 0 Å². The summed E-state index contributed by atoms with van der Waals surface area (Å²) in [6.07, 6.45) is 0.398. The van der Waals surface area contributed by atoms with Crippen molar-refractivity contribution in [2.45, 2.75) is 32.8 Å². The molecule has 0 N–H and O–H groups in total. The number of benzene rings is 1. The smallest absolute Gasteiger partial charge is 0.410 e. The Kier molecular flexibility index (Phi) is 5.60. The van der Waals surface area contributed by atoms with Gasteiger partial charge in [0.2, 0.25) is 0 Å². The number of carbonyl (C=O) groups is 2. The number of carbonyl (C=O) groups excluding carboxylic acids is 2. The predicted molar refractivity (Wildman–Crippen MR) is 85.9 cm³/mol. The highest BCUT2D eigenvalue weighted by Gasteiger charge is 2.25. The van der Waals surface area contributed by atoms with E-state index in [0.29, 0.717) is 31.7 Å². The number of hydroxylamine groups is 2. The molecule has 23 heavy (non-hydrogen) atoms. The van der Waals surface area contributed by atoms with E-state index in [1.807, 2.05) is 26.8 Å². The van der Waals surface area contributed by atoms with Gasteiger partial charge < -0.3 is 14.5 Å². The van der Waals surface area contributed by atoms with Crippen LogP contribution in [0.1, 0.15) is 37.6 Å². The van der Waals surface area contributed by atoms with Crippen LogP contribution in [0.2, 0.25) is 0 Å². The summed E-state index contributed by atoms with van der Waals surface area (Å²) in [5.41, 5.74) is 0.00352. The minimum atomic E-state index is -0.511. The lowest BCUT2D eigenvalue weighted by Crippen LogP contribution is -2.39. The predicted octanol–water partition coefficient (Wildman–Crippen LogP) is 2.70. The van der Waals surface area contributed by atoms with Crippen LogP contribution in [0.5, 0.6) is 0 Å². The van der Waals surface area contributed by atoms with E-state index in [1.165, 1.54) is 0 Å². The molecule has 1 aromatic carbocycles. The largest absolute Gasteiger partial charge is 0.444 e. The number of hydrogen-bond acceptors (Lipinski definition) is 5. The third-order valence-electron chi connectivity index (χ3n) is 3.33. The quantitative estimate of drug-likeness (QED) is 0.838.